The first kappa shape index (κ1) is 35.2. The van der Waals surface area contributed by atoms with Crippen molar-refractivity contribution in [2.45, 2.75) is 0 Å². The van der Waals surface area contributed by atoms with Gasteiger partial charge in [-0.2, -0.15) is 0 Å². The number of para-hydroxylation sites is 2. The summed E-state index contributed by atoms with van der Waals surface area (Å²) in [5.41, 5.74) is 9.88. The van der Waals surface area contributed by atoms with Crippen LogP contribution >= 0.6 is 0 Å². The number of furan rings is 1. The van der Waals surface area contributed by atoms with Crippen molar-refractivity contribution in [1.82, 2.24) is 4.57 Å². The summed E-state index contributed by atoms with van der Waals surface area (Å²) >= 11 is 0. The fourth-order valence-electron chi connectivity index (χ4n) is 10.1. The molecule has 12 aromatic rings. The Bertz CT molecular complexity index is 3470. The molecule has 0 aliphatic carbocycles. The maximum atomic E-state index is 6.79. The molecule has 0 unspecified atom stereocenters. The Balaban J connectivity index is 1.29. The average Bonchev–Trinajstić information content (AvgIpc) is 3.89. The third-order valence-corrected chi connectivity index (χ3v) is 17.5. The first-order valence-electron chi connectivity index (χ1n) is 21.0. The molecule has 12 rings (SSSR count). The average molecular weight is 794 g/mol. The molecule has 2 nitrogen and oxygen atoms in total. The van der Waals surface area contributed by atoms with Gasteiger partial charge in [-0.25, -0.2) is 0 Å². The van der Waals surface area contributed by atoms with Gasteiger partial charge in [0.1, 0.15) is 11.2 Å². The topological polar surface area (TPSA) is 18.1 Å². The second-order valence-electron chi connectivity index (χ2n) is 15.9. The summed E-state index contributed by atoms with van der Waals surface area (Å²) in [6.07, 6.45) is 0. The molecule has 0 amide bonds. The van der Waals surface area contributed by atoms with Gasteiger partial charge in [0.15, 0.2) is 8.07 Å². The quantitative estimate of drug-likeness (QED) is 0.116. The Morgan fingerprint density at radius 1 is 0.361 bits per heavy atom. The maximum Gasteiger partial charge on any atom is 0.180 e. The van der Waals surface area contributed by atoms with Crippen LogP contribution in [0.1, 0.15) is 0 Å². The zero-order chi connectivity index (χ0) is 40.3. The Morgan fingerprint density at radius 3 is 1.54 bits per heavy atom. The van der Waals surface area contributed by atoms with E-state index in [4.69, 9.17) is 4.42 Å². The highest BCUT2D eigenvalue weighted by molar-refractivity contribution is 7.20. The number of hydrogen-bond acceptors (Lipinski definition) is 1. The number of hydrogen-bond donors (Lipinski definition) is 0. The van der Waals surface area contributed by atoms with Crippen molar-refractivity contribution < 1.29 is 4.42 Å². The van der Waals surface area contributed by atoms with Crippen LogP contribution < -0.4 is 20.7 Å². The van der Waals surface area contributed by atoms with E-state index in [1.165, 1.54) is 42.6 Å². The summed E-state index contributed by atoms with van der Waals surface area (Å²) in [5, 5.41) is 12.5. The fourth-order valence-corrected chi connectivity index (χ4v) is 15.2. The van der Waals surface area contributed by atoms with Crippen LogP contribution in [0.4, 0.5) is 0 Å². The van der Waals surface area contributed by atoms with E-state index in [1.807, 2.05) is 0 Å². The monoisotopic (exact) mass is 793 g/mol. The van der Waals surface area contributed by atoms with Crippen LogP contribution in [0, 0.1) is 0 Å². The first-order chi connectivity index (χ1) is 30.3. The number of benzene rings is 10. The Labute approximate surface area is 355 Å². The Morgan fingerprint density at radius 2 is 0.885 bits per heavy atom. The molecule has 0 atom stereocenters. The van der Waals surface area contributed by atoms with E-state index >= 15 is 0 Å². The van der Waals surface area contributed by atoms with Crippen LogP contribution in [0.2, 0.25) is 0 Å². The molecule has 0 aliphatic rings. The van der Waals surface area contributed by atoms with Gasteiger partial charge < -0.3 is 8.98 Å². The van der Waals surface area contributed by atoms with Gasteiger partial charge in [-0.3, -0.25) is 0 Å². The van der Waals surface area contributed by atoms with Crippen LogP contribution in [0.5, 0.6) is 0 Å². The molecular weight excluding hydrogens is 755 g/mol. The molecule has 2 aromatic heterocycles. The highest BCUT2D eigenvalue weighted by Crippen LogP contribution is 2.44. The summed E-state index contributed by atoms with van der Waals surface area (Å²) in [6, 6.07) is 87.3. The lowest BCUT2D eigenvalue weighted by Gasteiger charge is -2.36. The second kappa shape index (κ2) is 14.2. The summed E-state index contributed by atoms with van der Waals surface area (Å²) < 4.78 is 9.30. The molecule has 0 spiro atoms. The molecule has 61 heavy (non-hydrogen) atoms. The second-order valence-corrected chi connectivity index (χ2v) is 19.7. The Kier molecular flexibility index (Phi) is 8.22. The van der Waals surface area contributed by atoms with Crippen LogP contribution in [0.15, 0.2) is 241 Å². The van der Waals surface area contributed by atoms with E-state index in [0.29, 0.717) is 0 Å². The summed E-state index contributed by atoms with van der Waals surface area (Å²) in [4.78, 5) is 0. The summed E-state index contributed by atoms with van der Waals surface area (Å²) in [5.74, 6) is 0. The molecule has 10 aromatic carbocycles. The van der Waals surface area contributed by atoms with Gasteiger partial charge in [0.2, 0.25) is 0 Å². The molecule has 0 radical (unpaired) electrons. The van der Waals surface area contributed by atoms with Gasteiger partial charge in [-0.05, 0) is 66.9 Å². The predicted molar refractivity (Wildman–Crippen MR) is 260 cm³/mol. The molecule has 3 heteroatoms. The number of fused-ring (bicyclic) bond motifs is 8. The van der Waals surface area contributed by atoms with Gasteiger partial charge in [0.25, 0.3) is 0 Å². The van der Waals surface area contributed by atoms with Crippen molar-refractivity contribution in [2.75, 3.05) is 0 Å². The van der Waals surface area contributed by atoms with Crippen molar-refractivity contribution in [3.63, 3.8) is 0 Å². The van der Waals surface area contributed by atoms with Gasteiger partial charge in [0, 0.05) is 27.3 Å². The lowest BCUT2D eigenvalue weighted by atomic mass is 9.95. The molecule has 0 fully saturated rings. The van der Waals surface area contributed by atoms with E-state index in [0.717, 1.165) is 60.6 Å². The predicted octanol–water partition coefficient (Wildman–Crippen LogP) is 12.5. The molecular formula is C58H39NOSi. The third kappa shape index (κ3) is 5.41. The smallest absolute Gasteiger partial charge is 0.180 e. The van der Waals surface area contributed by atoms with E-state index in [2.05, 4.69) is 241 Å². The molecule has 286 valence electrons. The van der Waals surface area contributed by atoms with Crippen molar-refractivity contribution in [3.8, 4) is 27.9 Å². The molecule has 0 saturated carbocycles. The standard InChI is InChI=1S/C58H39NOSi/c1-5-20-41(21-6-1)50-38-45(61(43-26-9-3-10-27-43,44-28-11-4-12-29-44)55-35-19-25-40-24-13-14-30-46(40)55)39-51(42-22-7-2-8-23-42)57(50)59-52-33-17-15-32-49(52)56-53(59)37-36-48-47-31-16-18-34-54(47)60-58(48)56/h1-39H. The first-order valence-corrected chi connectivity index (χ1v) is 23.0. The van der Waals surface area contributed by atoms with E-state index in [9.17, 15) is 0 Å². The van der Waals surface area contributed by atoms with E-state index < -0.39 is 8.07 Å². The molecule has 0 N–H and O–H groups in total. The number of rotatable bonds is 7. The minimum atomic E-state index is -3.09. The lowest BCUT2D eigenvalue weighted by Crippen LogP contribution is -2.75. The zero-order valence-electron chi connectivity index (χ0n) is 33.4. The number of nitrogens with zero attached hydrogens (tertiary/aromatic N) is 1. The van der Waals surface area contributed by atoms with E-state index in [1.54, 1.807) is 0 Å². The zero-order valence-corrected chi connectivity index (χ0v) is 34.4. The van der Waals surface area contributed by atoms with E-state index in [-0.39, 0.29) is 0 Å². The van der Waals surface area contributed by atoms with Gasteiger partial charge in [0.05, 0.1) is 22.1 Å². The van der Waals surface area contributed by atoms with Crippen molar-refractivity contribution in [1.29, 1.82) is 0 Å². The number of aromatic nitrogens is 1. The van der Waals surface area contributed by atoms with Gasteiger partial charge in [-0.1, -0.05) is 212 Å². The highest BCUT2D eigenvalue weighted by atomic mass is 28.3. The molecule has 2 heterocycles. The van der Waals surface area contributed by atoms with Crippen LogP contribution in [0.25, 0.3) is 82.5 Å². The van der Waals surface area contributed by atoms with Crippen molar-refractivity contribution in [3.05, 3.63) is 237 Å². The molecule has 0 saturated heterocycles. The largest absolute Gasteiger partial charge is 0.455 e. The normalized spacial score (nSPS) is 11.9. The van der Waals surface area contributed by atoms with Crippen molar-refractivity contribution >= 4 is 83.3 Å². The third-order valence-electron chi connectivity index (χ3n) is 12.7. The fraction of sp³-hybridized carbons (Fsp3) is 0. The summed E-state index contributed by atoms with van der Waals surface area (Å²) in [6.45, 7) is 0. The van der Waals surface area contributed by atoms with Gasteiger partial charge >= 0.3 is 0 Å². The highest BCUT2D eigenvalue weighted by Gasteiger charge is 2.43. The summed E-state index contributed by atoms with van der Waals surface area (Å²) in [7, 11) is -3.09. The minimum Gasteiger partial charge on any atom is -0.455 e. The van der Waals surface area contributed by atoms with Crippen LogP contribution in [0.3, 0.4) is 0 Å². The maximum absolute atomic E-state index is 6.79. The van der Waals surface area contributed by atoms with Gasteiger partial charge in [-0.15, -0.1) is 0 Å². The Hall–Kier alpha value is -7.72. The molecule has 0 aliphatic heterocycles. The lowest BCUT2D eigenvalue weighted by molar-refractivity contribution is 0.673. The van der Waals surface area contributed by atoms with Crippen LogP contribution in [-0.2, 0) is 0 Å². The van der Waals surface area contributed by atoms with Crippen LogP contribution in [-0.4, -0.2) is 12.6 Å². The SMILES string of the molecule is c1ccc(-c2cc([Si](c3ccccc3)(c3ccccc3)c3cccc4ccccc34)cc(-c3ccccc3)c2-n2c3ccccc3c3c4oc5ccccc5c4ccc32)cc1. The van der Waals surface area contributed by atoms with Crippen molar-refractivity contribution in [2.24, 2.45) is 0 Å². The molecule has 0 bridgehead atoms. The minimum absolute atomic E-state index is 0.901.